The lowest BCUT2D eigenvalue weighted by atomic mass is 9.93. The summed E-state index contributed by atoms with van der Waals surface area (Å²) in [7, 11) is 1.94. The van der Waals surface area contributed by atoms with Crippen molar-refractivity contribution < 1.29 is 4.79 Å². The monoisotopic (exact) mass is 199 g/mol. The van der Waals surface area contributed by atoms with Crippen LogP contribution in [0.25, 0.3) is 0 Å². The van der Waals surface area contributed by atoms with Crippen LogP contribution >= 0.6 is 0 Å². The molecule has 0 saturated carbocycles. The minimum Gasteiger partial charge on any atom is -0.369 e. The molecule has 4 heteroatoms. The molecule has 0 aromatic heterocycles. The first-order chi connectivity index (χ1) is 6.65. The van der Waals surface area contributed by atoms with Crippen molar-refractivity contribution in [3.63, 3.8) is 0 Å². The second kappa shape index (κ2) is 5.32. The largest absolute Gasteiger partial charge is 0.369 e. The van der Waals surface area contributed by atoms with Crippen LogP contribution in [0.3, 0.4) is 0 Å². The number of carbonyl (C=O) groups excluding carboxylic acids is 1. The molecule has 0 aliphatic carbocycles. The van der Waals surface area contributed by atoms with Crippen LogP contribution in [0.5, 0.6) is 0 Å². The lowest BCUT2D eigenvalue weighted by Gasteiger charge is -2.36. The normalized spacial score (nSPS) is 29.0. The summed E-state index contributed by atoms with van der Waals surface area (Å²) < 4.78 is 0. The number of rotatable bonds is 4. The molecule has 1 fully saturated rings. The molecule has 0 bridgehead atoms. The maximum atomic E-state index is 11.1. The maximum absolute atomic E-state index is 11.1. The highest BCUT2D eigenvalue weighted by Crippen LogP contribution is 2.20. The third-order valence-electron chi connectivity index (χ3n) is 3.06. The van der Waals surface area contributed by atoms with Crippen LogP contribution in [0.4, 0.5) is 0 Å². The smallest absolute Gasteiger partial charge is 0.221 e. The van der Waals surface area contributed by atoms with E-state index in [0.717, 1.165) is 32.5 Å². The highest BCUT2D eigenvalue weighted by atomic mass is 16.1. The van der Waals surface area contributed by atoms with Crippen LogP contribution in [-0.2, 0) is 4.79 Å². The Hall–Kier alpha value is -0.610. The van der Waals surface area contributed by atoms with E-state index in [2.05, 4.69) is 17.1 Å². The Labute approximate surface area is 85.8 Å². The van der Waals surface area contributed by atoms with Gasteiger partial charge in [-0.25, -0.2) is 0 Å². The molecule has 0 aromatic rings. The van der Waals surface area contributed by atoms with Gasteiger partial charge in [0.2, 0.25) is 5.91 Å². The molecule has 0 radical (unpaired) electrons. The van der Waals surface area contributed by atoms with Gasteiger partial charge in [-0.3, -0.25) is 9.69 Å². The molecule has 1 aliphatic heterocycles. The van der Waals surface area contributed by atoms with Gasteiger partial charge in [-0.1, -0.05) is 0 Å². The van der Waals surface area contributed by atoms with E-state index in [0.29, 0.717) is 6.04 Å². The number of nitrogens with zero attached hydrogens (tertiary/aromatic N) is 1. The number of nitrogens with two attached hydrogens (primary N) is 1. The molecule has 82 valence electrons. The molecular weight excluding hydrogens is 178 g/mol. The Morgan fingerprint density at radius 3 is 2.86 bits per heavy atom. The zero-order valence-electron chi connectivity index (χ0n) is 9.12. The van der Waals surface area contributed by atoms with Crippen LogP contribution in [0.15, 0.2) is 0 Å². The number of likely N-dealkylation sites (tertiary alicyclic amines) is 1. The van der Waals surface area contributed by atoms with E-state index in [-0.39, 0.29) is 11.8 Å². The third kappa shape index (κ3) is 2.96. The topological polar surface area (TPSA) is 58.4 Å². The first-order valence-corrected chi connectivity index (χ1v) is 5.33. The van der Waals surface area contributed by atoms with Gasteiger partial charge in [-0.15, -0.1) is 0 Å². The molecule has 1 rings (SSSR count). The second-order valence-corrected chi connectivity index (χ2v) is 4.12. The lowest BCUT2D eigenvalue weighted by molar-refractivity contribution is -0.123. The van der Waals surface area contributed by atoms with E-state index < -0.39 is 0 Å². The van der Waals surface area contributed by atoms with E-state index in [1.54, 1.807) is 0 Å². The van der Waals surface area contributed by atoms with Crippen molar-refractivity contribution in [2.45, 2.75) is 25.8 Å². The minimum absolute atomic E-state index is 0.0584. The number of nitrogens with one attached hydrogen (secondary N) is 1. The van der Waals surface area contributed by atoms with Gasteiger partial charge in [0, 0.05) is 25.7 Å². The zero-order chi connectivity index (χ0) is 10.6. The fraction of sp³-hybridized carbons (Fsp3) is 0.900. The molecule has 3 N–H and O–H groups in total. The SMILES string of the molecule is CNCCN1CC(C(N)=O)CCC1C. The van der Waals surface area contributed by atoms with Crippen LogP contribution < -0.4 is 11.1 Å². The van der Waals surface area contributed by atoms with E-state index in [4.69, 9.17) is 5.73 Å². The number of amides is 1. The maximum Gasteiger partial charge on any atom is 0.221 e. The van der Waals surface area contributed by atoms with Gasteiger partial charge in [-0.2, -0.15) is 0 Å². The summed E-state index contributed by atoms with van der Waals surface area (Å²) in [5, 5.41) is 3.12. The minimum atomic E-state index is -0.147. The van der Waals surface area contributed by atoms with E-state index in [1.807, 2.05) is 7.05 Å². The van der Waals surface area contributed by atoms with Crippen molar-refractivity contribution in [1.29, 1.82) is 0 Å². The highest BCUT2D eigenvalue weighted by molar-refractivity contribution is 5.76. The Bertz CT molecular complexity index is 196. The average molecular weight is 199 g/mol. The number of hydrogen-bond acceptors (Lipinski definition) is 3. The summed E-state index contributed by atoms with van der Waals surface area (Å²) in [6, 6.07) is 0.582. The van der Waals surface area contributed by atoms with E-state index in [1.165, 1.54) is 0 Å². The van der Waals surface area contributed by atoms with Gasteiger partial charge in [0.05, 0.1) is 5.92 Å². The lowest BCUT2D eigenvalue weighted by Crippen LogP contribution is -2.47. The molecule has 0 spiro atoms. The summed E-state index contributed by atoms with van der Waals surface area (Å²) in [4.78, 5) is 13.4. The van der Waals surface area contributed by atoms with Crippen LogP contribution in [0.2, 0.25) is 0 Å². The molecule has 1 amide bonds. The van der Waals surface area contributed by atoms with Gasteiger partial charge in [0.25, 0.3) is 0 Å². The van der Waals surface area contributed by atoms with Crippen molar-refractivity contribution in [3.05, 3.63) is 0 Å². The number of hydrogen-bond donors (Lipinski definition) is 2. The van der Waals surface area contributed by atoms with Crippen LogP contribution in [0, 0.1) is 5.92 Å². The standard InChI is InChI=1S/C10H21N3O/c1-8-3-4-9(10(11)14)7-13(8)6-5-12-2/h8-9,12H,3-7H2,1-2H3,(H2,11,14). The van der Waals surface area contributed by atoms with E-state index in [9.17, 15) is 4.79 Å². The number of likely N-dealkylation sites (N-methyl/N-ethyl adjacent to an activating group) is 1. The molecule has 14 heavy (non-hydrogen) atoms. The summed E-state index contributed by atoms with van der Waals surface area (Å²) in [5.41, 5.74) is 5.32. The molecule has 1 saturated heterocycles. The Kier molecular flexibility index (Phi) is 4.35. The molecule has 0 aromatic carbocycles. The molecule has 2 unspecified atom stereocenters. The third-order valence-corrected chi connectivity index (χ3v) is 3.06. The highest BCUT2D eigenvalue weighted by Gasteiger charge is 2.27. The molecule has 2 atom stereocenters. The van der Waals surface area contributed by atoms with Crippen LogP contribution in [-0.4, -0.2) is 43.5 Å². The summed E-state index contributed by atoms with van der Waals surface area (Å²) in [6.07, 6.45) is 2.03. The second-order valence-electron chi connectivity index (χ2n) is 4.12. The fourth-order valence-electron chi connectivity index (χ4n) is 1.98. The zero-order valence-corrected chi connectivity index (χ0v) is 9.12. The van der Waals surface area contributed by atoms with Crippen molar-refractivity contribution in [2.75, 3.05) is 26.7 Å². The van der Waals surface area contributed by atoms with E-state index >= 15 is 0 Å². The fourth-order valence-corrected chi connectivity index (χ4v) is 1.98. The van der Waals surface area contributed by atoms with Gasteiger partial charge in [0.1, 0.15) is 0 Å². The van der Waals surface area contributed by atoms with Gasteiger partial charge >= 0.3 is 0 Å². The summed E-state index contributed by atoms with van der Waals surface area (Å²) in [5.74, 6) is -0.0885. The first kappa shape index (κ1) is 11.5. The average Bonchev–Trinajstić information content (AvgIpc) is 2.16. The van der Waals surface area contributed by atoms with Crippen molar-refractivity contribution in [1.82, 2.24) is 10.2 Å². The molecular formula is C10H21N3O. The summed E-state index contributed by atoms with van der Waals surface area (Å²) in [6.45, 7) is 5.02. The molecule has 1 heterocycles. The van der Waals surface area contributed by atoms with Crippen LogP contribution in [0.1, 0.15) is 19.8 Å². The summed E-state index contributed by atoms with van der Waals surface area (Å²) >= 11 is 0. The molecule has 4 nitrogen and oxygen atoms in total. The van der Waals surface area contributed by atoms with Crippen molar-refractivity contribution in [2.24, 2.45) is 11.7 Å². The Balaban J connectivity index is 2.42. The predicted octanol–water partition coefficient (Wildman–Crippen LogP) is -0.208. The van der Waals surface area contributed by atoms with Gasteiger partial charge < -0.3 is 11.1 Å². The Morgan fingerprint density at radius 1 is 1.57 bits per heavy atom. The van der Waals surface area contributed by atoms with Crippen molar-refractivity contribution in [3.8, 4) is 0 Å². The van der Waals surface area contributed by atoms with Crippen molar-refractivity contribution >= 4 is 5.91 Å². The number of carbonyl (C=O) groups is 1. The predicted molar refractivity (Wildman–Crippen MR) is 56.9 cm³/mol. The number of piperidine rings is 1. The van der Waals surface area contributed by atoms with Gasteiger partial charge in [0.15, 0.2) is 0 Å². The first-order valence-electron chi connectivity index (χ1n) is 5.33. The number of primary amides is 1. The molecule has 1 aliphatic rings. The van der Waals surface area contributed by atoms with Gasteiger partial charge in [-0.05, 0) is 26.8 Å². The quantitative estimate of drug-likeness (QED) is 0.659. The Morgan fingerprint density at radius 2 is 2.29 bits per heavy atom.